The second-order valence-corrected chi connectivity index (χ2v) is 7.64. The number of benzene rings is 2. The second kappa shape index (κ2) is 10.5. The van der Waals surface area contributed by atoms with E-state index in [9.17, 15) is 13.6 Å². The van der Waals surface area contributed by atoms with Crippen LogP contribution in [-0.2, 0) is 9.57 Å². The number of nitrogens with one attached hydrogen (secondary N) is 2. The zero-order valence-corrected chi connectivity index (χ0v) is 18.5. The van der Waals surface area contributed by atoms with E-state index in [2.05, 4.69) is 49.3 Å². The van der Waals surface area contributed by atoms with E-state index in [-0.39, 0.29) is 28.9 Å². The van der Waals surface area contributed by atoms with Crippen LogP contribution in [-0.4, -0.2) is 25.7 Å². The number of carbonyl (C=O) groups excluding carboxylic acids is 1. The summed E-state index contributed by atoms with van der Waals surface area (Å²) in [5.74, 6) is -3.11. The Labute approximate surface area is 182 Å². The van der Waals surface area contributed by atoms with Crippen LogP contribution in [0.3, 0.4) is 0 Å². The van der Waals surface area contributed by atoms with Gasteiger partial charge in [-0.05, 0) is 69.7 Å². The van der Waals surface area contributed by atoms with Gasteiger partial charge in [0.25, 0.3) is 5.91 Å². The zero-order valence-electron chi connectivity index (χ0n) is 14.0. The minimum absolute atomic E-state index is 0.107. The van der Waals surface area contributed by atoms with Crippen molar-refractivity contribution >= 4 is 67.4 Å². The van der Waals surface area contributed by atoms with Crippen molar-refractivity contribution < 1.29 is 23.1 Å². The van der Waals surface area contributed by atoms with Gasteiger partial charge in [0.05, 0.1) is 39.6 Å². The smallest absolute Gasteiger partial charge is 0.277 e. The summed E-state index contributed by atoms with van der Waals surface area (Å²) in [6, 6.07) is 6.14. The highest BCUT2D eigenvalue weighted by atomic mass is 127. The van der Waals surface area contributed by atoms with Crippen molar-refractivity contribution in [2.45, 2.75) is 6.92 Å². The van der Waals surface area contributed by atoms with Crippen molar-refractivity contribution in [3.05, 3.63) is 54.5 Å². The van der Waals surface area contributed by atoms with E-state index in [1.165, 1.54) is 0 Å². The van der Waals surface area contributed by atoms with Crippen LogP contribution in [0.5, 0.6) is 0 Å². The summed E-state index contributed by atoms with van der Waals surface area (Å²) in [5.41, 5.74) is 1.98. The molecular formula is C17H15BrClF2IN2O3. The number of hydroxylamine groups is 1. The van der Waals surface area contributed by atoms with E-state index in [1.54, 1.807) is 18.2 Å². The number of hydrogen-bond donors (Lipinski definition) is 2. The third kappa shape index (κ3) is 5.98. The molecule has 0 saturated carbocycles. The van der Waals surface area contributed by atoms with Crippen LogP contribution in [0.2, 0.25) is 5.02 Å². The SMILES string of the molecule is CCOCCONC(=O)c1cc(Br)c(F)c(F)c1Nc1ccc(I)cc1Cl. The standard InChI is InChI=1S/C17H15BrClF2IN2O3/c1-2-26-5-6-27-24-17(25)10-8-11(18)14(20)15(21)16(10)23-13-4-3-9(22)7-12(13)19/h3-4,7-8,23H,2,5-6H2,1H3,(H,24,25). The lowest BCUT2D eigenvalue weighted by Gasteiger charge is -2.15. The Morgan fingerprint density at radius 1 is 1.26 bits per heavy atom. The molecule has 0 aromatic heterocycles. The summed E-state index contributed by atoms with van der Waals surface area (Å²) in [6.07, 6.45) is 0. The molecule has 0 aliphatic carbocycles. The first kappa shape index (κ1) is 22.3. The summed E-state index contributed by atoms with van der Waals surface area (Å²) in [6.45, 7) is 2.72. The molecule has 146 valence electrons. The maximum Gasteiger partial charge on any atom is 0.277 e. The summed E-state index contributed by atoms with van der Waals surface area (Å²) in [5, 5.41) is 2.98. The van der Waals surface area contributed by atoms with Crippen molar-refractivity contribution in [2.24, 2.45) is 0 Å². The number of ether oxygens (including phenoxy) is 1. The number of halogens is 5. The molecular weight excluding hydrogens is 560 g/mol. The van der Waals surface area contributed by atoms with Crippen LogP contribution < -0.4 is 10.8 Å². The summed E-state index contributed by atoms with van der Waals surface area (Å²) in [7, 11) is 0. The van der Waals surface area contributed by atoms with Gasteiger partial charge in [-0.15, -0.1) is 0 Å². The number of carbonyl (C=O) groups is 1. The molecule has 1 amide bonds. The monoisotopic (exact) mass is 574 g/mol. The van der Waals surface area contributed by atoms with Crippen molar-refractivity contribution in [2.75, 3.05) is 25.1 Å². The Balaban J connectivity index is 2.29. The van der Waals surface area contributed by atoms with Gasteiger partial charge in [0.15, 0.2) is 11.6 Å². The van der Waals surface area contributed by atoms with Gasteiger partial charge in [-0.3, -0.25) is 9.63 Å². The molecule has 0 radical (unpaired) electrons. The van der Waals surface area contributed by atoms with Gasteiger partial charge in [0.2, 0.25) is 0 Å². The maximum absolute atomic E-state index is 14.5. The Kier molecular flexibility index (Phi) is 8.67. The van der Waals surface area contributed by atoms with Crippen LogP contribution in [0, 0.1) is 15.2 Å². The fraction of sp³-hybridized carbons (Fsp3) is 0.235. The van der Waals surface area contributed by atoms with Crippen LogP contribution in [0.1, 0.15) is 17.3 Å². The van der Waals surface area contributed by atoms with Gasteiger partial charge in [-0.1, -0.05) is 11.6 Å². The van der Waals surface area contributed by atoms with Crippen LogP contribution in [0.25, 0.3) is 0 Å². The molecule has 2 aromatic rings. The Bertz CT molecular complexity index is 842. The molecule has 2 rings (SSSR count). The highest BCUT2D eigenvalue weighted by Crippen LogP contribution is 2.34. The van der Waals surface area contributed by atoms with Crippen molar-refractivity contribution in [1.82, 2.24) is 5.48 Å². The Hall–Kier alpha value is -1.01. The molecule has 0 fully saturated rings. The van der Waals surface area contributed by atoms with E-state index in [4.69, 9.17) is 21.2 Å². The molecule has 10 heteroatoms. The molecule has 0 heterocycles. The van der Waals surface area contributed by atoms with Crippen LogP contribution >= 0.6 is 50.1 Å². The van der Waals surface area contributed by atoms with Gasteiger partial charge >= 0.3 is 0 Å². The third-order valence-electron chi connectivity index (χ3n) is 3.30. The number of anilines is 2. The first-order valence-corrected chi connectivity index (χ1v) is 9.99. The molecule has 0 aliphatic heterocycles. The van der Waals surface area contributed by atoms with Gasteiger partial charge < -0.3 is 10.1 Å². The van der Waals surface area contributed by atoms with E-state index >= 15 is 0 Å². The van der Waals surface area contributed by atoms with E-state index in [1.807, 2.05) is 6.92 Å². The number of rotatable bonds is 8. The molecule has 0 unspecified atom stereocenters. The summed E-state index contributed by atoms with van der Waals surface area (Å²) >= 11 is 11.1. The first-order chi connectivity index (χ1) is 12.8. The predicted molar refractivity (Wildman–Crippen MR) is 111 cm³/mol. The van der Waals surface area contributed by atoms with E-state index in [0.717, 1.165) is 9.64 Å². The van der Waals surface area contributed by atoms with Gasteiger partial charge in [-0.2, -0.15) is 0 Å². The maximum atomic E-state index is 14.5. The predicted octanol–water partition coefficient (Wildman–Crippen LogP) is 5.43. The summed E-state index contributed by atoms with van der Waals surface area (Å²) in [4.78, 5) is 17.4. The van der Waals surface area contributed by atoms with Crippen LogP contribution in [0.4, 0.5) is 20.2 Å². The highest BCUT2D eigenvalue weighted by Gasteiger charge is 2.23. The largest absolute Gasteiger partial charge is 0.379 e. The van der Waals surface area contributed by atoms with Gasteiger partial charge in [0, 0.05) is 10.2 Å². The Morgan fingerprint density at radius 3 is 2.67 bits per heavy atom. The van der Waals surface area contributed by atoms with Crippen LogP contribution in [0.15, 0.2) is 28.7 Å². The van der Waals surface area contributed by atoms with Crippen molar-refractivity contribution in [1.29, 1.82) is 0 Å². The number of amides is 1. The topological polar surface area (TPSA) is 59.6 Å². The lowest BCUT2D eigenvalue weighted by Crippen LogP contribution is -2.26. The minimum atomic E-state index is -1.22. The Morgan fingerprint density at radius 2 is 2.00 bits per heavy atom. The van der Waals surface area contributed by atoms with Crippen molar-refractivity contribution in [3.8, 4) is 0 Å². The minimum Gasteiger partial charge on any atom is -0.379 e. The zero-order chi connectivity index (χ0) is 20.0. The van der Waals surface area contributed by atoms with E-state index < -0.39 is 17.5 Å². The fourth-order valence-corrected chi connectivity index (χ4v) is 3.34. The van der Waals surface area contributed by atoms with Crippen molar-refractivity contribution in [3.63, 3.8) is 0 Å². The average Bonchev–Trinajstić information content (AvgIpc) is 2.63. The highest BCUT2D eigenvalue weighted by molar-refractivity contribution is 14.1. The second-order valence-electron chi connectivity index (χ2n) is 5.13. The molecule has 0 atom stereocenters. The molecule has 0 bridgehead atoms. The lowest BCUT2D eigenvalue weighted by molar-refractivity contribution is 0.00168. The normalized spacial score (nSPS) is 10.7. The molecule has 2 aromatic carbocycles. The molecule has 2 N–H and O–H groups in total. The van der Waals surface area contributed by atoms with Gasteiger partial charge in [0.1, 0.15) is 0 Å². The molecule has 5 nitrogen and oxygen atoms in total. The molecule has 27 heavy (non-hydrogen) atoms. The molecule has 0 spiro atoms. The average molecular weight is 576 g/mol. The third-order valence-corrected chi connectivity index (χ3v) is 4.86. The van der Waals surface area contributed by atoms with E-state index in [0.29, 0.717) is 17.3 Å². The number of hydrogen-bond acceptors (Lipinski definition) is 4. The quantitative estimate of drug-likeness (QED) is 0.191. The first-order valence-electron chi connectivity index (χ1n) is 7.74. The molecule has 0 aliphatic rings. The van der Waals surface area contributed by atoms with Gasteiger partial charge in [-0.25, -0.2) is 14.3 Å². The summed E-state index contributed by atoms with van der Waals surface area (Å²) < 4.78 is 34.3. The fourth-order valence-electron chi connectivity index (χ4n) is 2.04. The lowest BCUT2D eigenvalue weighted by atomic mass is 10.1. The molecule has 0 saturated heterocycles.